The molecule has 1 aliphatic heterocycles. The molecule has 0 spiro atoms. The van der Waals surface area contributed by atoms with Crippen molar-refractivity contribution in [3.63, 3.8) is 0 Å². The number of fused-ring (bicyclic) bond motifs is 5. The summed E-state index contributed by atoms with van der Waals surface area (Å²) in [6.45, 7) is 2.70. The predicted octanol–water partition coefficient (Wildman–Crippen LogP) is 3.31. The summed E-state index contributed by atoms with van der Waals surface area (Å²) < 4.78 is 5.80. The molecule has 1 aromatic rings. The molecule has 5 atom stereocenters. The Kier molecular flexibility index (Phi) is 5.66. The second-order valence-electron chi connectivity index (χ2n) is 8.30. The average molecular weight is 498 g/mol. The van der Waals surface area contributed by atoms with E-state index in [9.17, 15) is 19.2 Å². The van der Waals surface area contributed by atoms with Crippen molar-refractivity contribution in [2.45, 2.75) is 39.2 Å². The van der Waals surface area contributed by atoms with E-state index in [2.05, 4.69) is 21.2 Å². The Bertz CT molecular complexity index is 924. The highest BCUT2D eigenvalue weighted by Crippen LogP contribution is 2.56. The summed E-state index contributed by atoms with van der Waals surface area (Å²) in [7, 11) is 0. The van der Waals surface area contributed by atoms with Gasteiger partial charge >= 0.3 is 5.97 Å². The number of anilines is 1. The fraction of sp³-hybridized carbons (Fsp3) is 0.524. The second-order valence-corrected chi connectivity index (χ2v) is 9.53. The first-order chi connectivity index (χ1) is 14.2. The van der Waals surface area contributed by atoms with Gasteiger partial charge < -0.3 is 10.1 Å². The van der Waals surface area contributed by atoms with Gasteiger partial charge in [0, 0.05) is 10.2 Å². The van der Waals surface area contributed by atoms with Crippen molar-refractivity contribution in [2.75, 3.05) is 11.9 Å². The average Bonchev–Trinajstić information content (AvgIpc) is 3.40. The lowest BCUT2D eigenvalue weighted by molar-refractivity contribution is -0.159. The molecule has 9 heteroatoms. The van der Waals surface area contributed by atoms with Crippen molar-refractivity contribution < 1.29 is 23.9 Å². The molecule has 3 aliphatic rings. The standard InChI is InChI=1S/C21H22BrClN2O5/c1-9-14(6-5-13(22)18(9)23)24-15(26)8-30-21(29)10(2)25-19(27)16-11-3-4-12(7-11)17(16)20(25)28/h5-6,10-12,16-17H,3-4,7-8H2,1-2H3,(H,24,26)/t10-,11-,12-,16-,17-/m0/s1. The molecule has 7 nitrogen and oxygen atoms in total. The van der Waals surface area contributed by atoms with E-state index in [0.29, 0.717) is 20.7 Å². The third-order valence-electron chi connectivity index (χ3n) is 6.65. The number of carbonyl (C=O) groups is 4. The molecule has 1 aromatic carbocycles. The summed E-state index contributed by atoms with van der Waals surface area (Å²) in [4.78, 5) is 51.3. The monoisotopic (exact) mass is 496 g/mol. The van der Waals surface area contributed by atoms with Crippen molar-refractivity contribution in [1.29, 1.82) is 0 Å². The van der Waals surface area contributed by atoms with E-state index in [4.69, 9.17) is 16.3 Å². The van der Waals surface area contributed by atoms with Gasteiger partial charge in [-0.25, -0.2) is 4.79 Å². The highest BCUT2D eigenvalue weighted by molar-refractivity contribution is 9.10. The number of amides is 3. The smallest absolute Gasteiger partial charge is 0.329 e. The lowest BCUT2D eigenvalue weighted by Crippen LogP contribution is -2.45. The Morgan fingerprint density at radius 2 is 1.83 bits per heavy atom. The minimum Gasteiger partial charge on any atom is -0.454 e. The Morgan fingerprint density at radius 1 is 1.23 bits per heavy atom. The van der Waals surface area contributed by atoms with Crippen molar-refractivity contribution in [3.05, 3.63) is 27.2 Å². The van der Waals surface area contributed by atoms with Gasteiger partial charge in [0.1, 0.15) is 6.04 Å². The molecule has 1 heterocycles. The molecule has 1 saturated heterocycles. The molecule has 0 aromatic heterocycles. The highest BCUT2D eigenvalue weighted by atomic mass is 79.9. The van der Waals surface area contributed by atoms with Gasteiger partial charge in [-0.1, -0.05) is 11.6 Å². The zero-order chi connectivity index (χ0) is 21.7. The van der Waals surface area contributed by atoms with Crippen LogP contribution in [-0.4, -0.2) is 41.2 Å². The number of hydrogen-bond acceptors (Lipinski definition) is 5. The Balaban J connectivity index is 1.35. The molecule has 3 amide bonds. The maximum Gasteiger partial charge on any atom is 0.329 e. The van der Waals surface area contributed by atoms with Crippen molar-refractivity contribution in [2.24, 2.45) is 23.7 Å². The fourth-order valence-corrected chi connectivity index (χ4v) is 5.74. The number of rotatable bonds is 5. The molecule has 160 valence electrons. The number of hydrogen-bond donors (Lipinski definition) is 1. The van der Waals surface area contributed by atoms with Crippen LogP contribution in [0.25, 0.3) is 0 Å². The quantitative estimate of drug-likeness (QED) is 0.498. The number of esters is 1. The Labute approximate surface area is 187 Å². The van der Waals surface area contributed by atoms with E-state index in [0.717, 1.165) is 24.2 Å². The molecule has 2 saturated carbocycles. The number of carbonyl (C=O) groups excluding carboxylic acids is 4. The van der Waals surface area contributed by atoms with Gasteiger partial charge in [0.2, 0.25) is 11.8 Å². The van der Waals surface area contributed by atoms with E-state index in [1.54, 1.807) is 19.1 Å². The first-order valence-electron chi connectivity index (χ1n) is 9.98. The van der Waals surface area contributed by atoms with Crippen LogP contribution in [-0.2, 0) is 23.9 Å². The first kappa shape index (κ1) is 21.3. The van der Waals surface area contributed by atoms with Crippen LogP contribution >= 0.6 is 27.5 Å². The summed E-state index contributed by atoms with van der Waals surface area (Å²) in [6.07, 6.45) is 2.87. The minimum atomic E-state index is -1.05. The van der Waals surface area contributed by atoms with Gasteiger partial charge in [-0.15, -0.1) is 0 Å². The van der Waals surface area contributed by atoms with E-state index < -0.39 is 24.5 Å². The summed E-state index contributed by atoms with van der Waals surface area (Å²) in [5, 5.41) is 3.12. The van der Waals surface area contributed by atoms with Gasteiger partial charge in [-0.2, -0.15) is 0 Å². The number of imide groups is 1. The normalized spacial score (nSPS) is 27.9. The molecule has 2 bridgehead atoms. The third-order valence-corrected chi connectivity index (χ3v) is 8.03. The van der Waals surface area contributed by atoms with E-state index in [1.807, 2.05) is 0 Å². The molecular weight excluding hydrogens is 476 g/mol. The lowest BCUT2D eigenvalue weighted by Gasteiger charge is -2.23. The summed E-state index contributed by atoms with van der Waals surface area (Å²) >= 11 is 9.46. The Morgan fingerprint density at radius 3 is 2.43 bits per heavy atom. The van der Waals surface area contributed by atoms with Crippen molar-refractivity contribution in [3.8, 4) is 0 Å². The minimum absolute atomic E-state index is 0.247. The number of likely N-dealkylation sites (tertiary alicyclic amines) is 1. The molecule has 4 rings (SSSR count). The van der Waals surface area contributed by atoms with Gasteiger partial charge in [-0.05, 0) is 78.6 Å². The van der Waals surface area contributed by atoms with Crippen molar-refractivity contribution in [1.82, 2.24) is 4.90 Å². The molecule has 30 heavy (non-hydrogen) atoms. The zero-order valence-corrected chi connectivity index (χ0v) is 19.0. The van der Waals surface area contributed by atoms with Crippen molar-refractivity contribution >= 4 is 56.9 Å². The zero-order valence-electron chi connectivity index (χ0n) is 16.6. The van der Waals surface area contributed by atoms with Gasteiger partial charge in [0.05, 0.1) is 16.9 Å². The summed E-state index contributed by atoms with van der Waals surface area (Å²) in [5.74, 6) is -1.94. The molecule has 0 radical (unpaired) electrons. The van der Waals surface area contributed by atoms with Gasteiger partial charge in [0.25, 0.3) is 5.91 Å². The van der Waals surface area contributed by atoms with E-state index in [1.165, 1.54) is 6.92 Å². The number of nitrogens with zero attached hydrogens (tertiary/aromatic N) is 1. The van der Waals surface area contributed by atoms with E-state index in [-0.39, 0.29) is 35.5 Å². The topological polar surface area (TPSA) is 92.8 Å². The van der Waals surface area contributed by atoms with Gasteiger partial charge in [0.15, 0.2) is 6.61 Å². The molecular formula is C21H22BrClN2O5. The van der Waals surface area contributed by atoms with Crippen LogP contribution in [0.15, 0.2) is 16.6 Å². The maximum atomic E-state index is 12.8. The maximum absolute atomic E-state index is 12.8. The molecule has 1 N–H and O–H groups in total. The highest BCUT2D eigenvalue weighted by Gasteiger charge is 2.62. The van der Waals surface area contributed by atoms with Crippen LogP contribution < -0.4 is 5.32 Å². The summed E-state index contributed by atoms with van der Waals surface area (Å²) in [5.41, 5.74) is 1.18. The van der Waals surface area contributed by atoms with Crippen LogP contribution in [0.5, 0.6) is 0 Å². The number of halogens is 2. The van der Waals surface area contributed by atoms with Gasteiger partial charge in [-0.3, -0.25) is 19.3 Å². The largest absolute Gasteiger partial charge is 0.454 e. The SMILES string of the molecule is Cc1c(NC(=O)COC(=O)[C@H](C)N2C(=O)[C@H]3[C@H]4CC[C@@H](C4)[C@@H]3C2=O)ccc(Br)c1Cl. The molecule has 3 fully saturated rings. The van der Waals surface area contributed by atoms with Crippen LogP contribution in [0.2, 0.25) is 5.02 Å². The Hall–Kier alpha value is -1.93. The first-order valence-corrected chi connectivity index (χ1v) is 11.2. The van der Waals surface area contributed by atoms with Crippen LogP contribution in [0.3, 0.4) is 0 Å². The second kappa shape index (κ2) is 7.96. The van der Waals surface area contributed by atoms with Crippen LogP contribution in [0.1, 0.15) is 31.7 Å². The number of benzene rings is 1. The molecule has 2 aliphatic carbocycles. The van der Waals surface area contributed by atoms with Crippen LogP contribution in [0.4, 0.5) is 5.69 Å². The third kappa shape index (κ3) is 3.43. The lowest BCUT2D eigenvalue weighted by atomic mass is 9.81. The number of nitrogens with one attached hydrogen (secondary N) is 1. The number of ether oxygens (including phenoxy) is 1. The molecule has 0 unspecified atom stereocenters. The fourth-order valence-electron chi connectivity index (χ4n) is 5.15. The summed E-state index contributed by atoms with van der Waals surface area (Å²) in [6, 6.07) is 2.34. The van der Waals surface area contributed by atoms with E-state index >= 15 is 0 Å². The predicted molar refractivity (Wildman–Crippen MR) is 113 cm³/mol. The van der Waals surface area contributed by atoms with Crippen LogP contribution in [0, 0.1) is 30.6 Å².